The molecule has 0 aliphatic carbocycles. The van der Waals surface area contributed by atoms with Crippen LogP contribution in [0.1, 0.15) is 18.5 Å². The first-order chi connectivity index (χ1) is 9.69. The summed E-state index contributed by atoms with van der Waals surface area (Å²) < 4.78 is 5.38. The fourth-order valence-corrected chi connectivity index (χ4v) is 2.28. The van der Waals surface area contributed by atoms with Gasteiger partial charge in [-0.15, -0.1) is 0 Å². The molecule has 0 spiro atoms. The molecule has 1 atom stereocenters. The van der Waals surface area contributed by atoms with Crippen molar-refractivity contribution in [2.75, 3.05) is 7.11 Å². The van der Waals surface area contributed by atoms with Crippen LogP contribution in [0, 0.1) is 0 Å². The molecule has 0 radical (unpaired) electrons. The number of rotatable bonds is 3. The van der Waals surface area contributed by atoms with Crippen molar-refractivity contribution in [2.45, 2.75) is 13.0 Å². The SMILES string of the molecule is COc1ccccc1-c1nc2ccc(C(C)N)cc2[nH]1. The van der Waals surface area contributed by atoms with Crippen LogP contribution in [0.4, 0.5) is 0 Å². The minimum atomic E-state index is 0.0115. The topological polar surface area (TPSA) is 63.9 Å². The lowest BCUT2D eigenvalue weighted by Crippen LogP contribution is -2.04. The zero-order valence-corrected chi connectivity index (χ0v) is 11.6. The van der Waals surface area contributed by atoms with Gasteiger partial charge in [0.2, 0.25) is 0 Å². The number of ether oxygens (including phenoxy) is 1. The number of aromatic nitrogens is 2. The molecule has 0 aliphatic rings. The predicted molar refractivity (Wildman–Crippen MR) is 80.7 cm³/mol. The molecule has 1 unspecified atom stereocenters. The van der Waals surface area contributed by atoms with Crippen LogP contribution in [0.5, 0.6) is 5.75 Å². The van der Waals surface area contributed by atoms with Crippen LogP contribution >= 0.6 is 0 Å². The van der Waals surface area contributed by atoms with Gasteiger partial charge in [-0.1, -0.05) is 18.2 Å². The third-order valence-electron chi connectivity index (χ3n) is 3.39. The molecule has 4 heteroatoms. The van der Waals surface area contributed by atoms with Crippen molar-refractivity contribution in [1.82, 2.24) is 9.97 Å². The van der Waals surface area contributed by atoms with Crippen molar-refractivity contribution in [2.24, 2.45) is 5.73 Å². The summed E-state index contributed by atoms with van der Waals surface area (Å²) in [4.78, 5) is 7.95. The number of H-pyrrole nitrogens is 1. The molecule has 0 bridgehead atoms. The lowest BCUT2D eigenvalue weighted by molar-refractivity contribution is 0.416. The minimum Gasteiger partial charge on any atom is -0.496 e. The first kappa shape index (κ1) is 12.7. The fourth-order valence-electron chi connectivity index (χ4n) is 2.28. The van der Waals surface area contributed by atoms with Crippen LogP contribution in [-0.2, 0) is 0 Å². The summed E-state index contributed by atoms with van der Waals surface area (Å²) in [6.07, 6.45) is 0. The predicted octanol–water partition coefficient (Wildman–Crippen LogP) is 3.26. The number of imidazole rings is 1. The van der Waals surface area contributed by atoms with Crippen LogP contribution in [-0.4, -0.2) is 17.1 Å². The van der Waals surface area contributed by atoms with Gasteiger partial charge in [0.15, 0.2) is 0 Å². The number of nitrogens with zero attached hydrogens (tertiary/aromatic N) is 1. The van der Waals surface area contributed by atoms with Crippen LogP contribution in [0.25, 0.3) is 22.4 Å². The van der Waals surface area contributed by atoms with E-state index in [-0.39, 0.29) is 6.04 Å². The van der Waals surface area contributed by atoms with Crippen LogP contribution < -0.4 is 10.5 Å². The summed E-state index contributed by atoms with van der Waals surface area (Å²) in [5, 5.41) is 0. The Morgan fingerprint density at radius 3 is 2.75 bits per heavy atom. The van der Waals surface area contributed by atoms with Gasteiger partial charge < -0.3 is 15.5 Å². The van der Waals surface area contributed by atoms with Gasteiger partial charge in [-0.3, -0.25) is 0 Å². The molecular weight excluding hydrogens is 250 g/mol. The molecule has 3 aromatic rings. The zero-order chi connectivity index (χ0) is 14.1. The van der Waals surface area contributed by atoms with Gasteiger partial charge in [-0.2, -0.15) is 0 Å². The number of nitrogens with one attached hydrogen (secondary N) is 1. The Labute approximate surface area is 117 Å². The number of aromatic amines is 1. The van der Waals surface area contributed by atoms with E-state index >= 15 is 0 Å². The monoisotopic (exact) mass is 267 g/mol. The zero-order valence-electron chi connectivity index (χ0n) is 11.6. The highest BCUT2D eigenvalue weighted by atomic mass is 16.5. The van der Waals surface area contributed by atoms with Crippen molar-refractivity contribution >= 4 is 11.0 Å². The third-order valence-corrected chi connectivity index (χ3v) is 3.39. The van der Waals surface area contributed by atoms with Gasteiger partial charge >= 0.3 is 0 Å². The molecule has 3 N–H and O–H groups in total. The number of methoxy groups -OCH3 is 1. The molecule has 0 fully saturated rings. The van der Waals surface area contributed by atoms with E-state index < -0.39 is 0 Å². The van der Waals surface area contributed by atoms with Crippen LogP contribution in [0.3, 0.4) is 0 Å². The highest BCUT2D eigenvalue weighted by molar-refractivity contribution is 5.81. The molecular formula is C16H17N3O. The molecule has 102 valence electrons. The summed E-state index contributed by atoms with van der Waals surface area (Å²) in [7, 11) is 1.66. The second-order valence-corrected chi connectivity index (χ2v) is 4.85. The Kier molecular flexibility index (Phi) is 3.16. The van der Waals surface area contributed by atoms with Crippen molar-refractivity contribution in [3.05, 3.63) is 48.0 Å². The second-order valence-electron chi connectivity index (χ2n) is 4.85. The van der Waals surface area contributed by atoms with Gasteiger partial charge in [0, 0.05) is 6.04 Å². The van der Waals surface area contributed by atoms with Gasteiger partial charge in [0.1, 0.15) is 11.6 Å². The van der Waals surface area contributed by atoms with Crippen molar-refractivity contribution in [3.8, 4) is 17.1 Å². The number of nitrogens with two attached hydrogens (primary N) is 1. The maximum absolute atomic E-state index is 5.91. The van der Waals surface area contributed by atoms with Gasteiger partial charge in [-0.05, 0) is 36.8 Å². The third kappa shape index (κ3) is 2.14. The molecule has 0 saturated heterocycles. The first-order valence-corrected chi connectivity index (χ1v) is 6.57. The van der Waals surface area contributed by atoms with E-state index in [4.69, 9.17) is 10.5 Å². The van der Waals surface area contributed by atoms with E-state index in [1.807, 2.05) is 49.4 Å². The average Bonchev–Trinajstić information content (AvgIpc) is 2.89. The van der Waals surface area contributed by atoms with Gasteiger partial charge in [0.05, 0.1) is 23.7 Å². The maximum atomic E-state index is 5.91. The highest BCUT2D eigenvalue weighted by Crippen LogP contribution is 2.29. The molecule has 4 nitrogen and oxygen atoms in total. The largest absolute Gasteiger partial charge is 0.496 e. The number of fused-ring (bicyclic) bond motifs is 1. The van der Waals surface area contributed by atoms with Gasteiger partial charge in [0.25, 0.3) is 0 Å². The normalized spacial score (nSPS) is 12.6. The van der Waals surface area contributed by atoms with Gasteiger partial charge in [-0.25, -0.2) is 4.98 Å². The van der Waals surface area contributed by atoms with E-state index in [1.165, 1.54) is 0 Å². The summed E-state index contributed by atoms with van der Waals surface area (Å²) in [5.74, 6) is 1.61. The lowest BCUT2D eigenvalue weighted by atomic mass is 10.1. The Bertz CT molecular complexity index is 746. The molecule has 3 rings (SSSR count). The van der Waals surface area contributed by atoms with E-state index in [0.29, 0.717) is 0 Å². The number of benzene rings is 2. The second kappa shape index (κ2) is 4.98. The highest BCUT2D eigenvalue weighted by Gasteiger charge is 2.10. The summed E-state index contributed by atoms with van der Waals surface area (Å²) in [6, 6.07) is 13.9. The molecule has 0 aliphatic heterocycles. The van der Waals surface area contributed by atoms with Crippen LogP contribution in [0.2, 0.25) is 0 Å². The number of hydrogen-bond acceptors (Lipinski definition) is 3. The quantitative estimate of drug-likeness (QED) is 0.765. The molecule has 0 saturated carbocycles. The molecule has 0 amide bonds. The molecule has 20 heavy (non-hydrogen) atoms. The smallest absolute Gasteiger partial charge is 0.142 e. The molecule has 1 aromatic heterocycles. The van der Waals surface area contributed by atoms with Crippen molar-refractivity contribution in [3.63, 3.8) is 0 Å². The maximum Gasteiger partial charge on any atom is 0.142 e. The van der Waals surface area contributed by atoms with Crippen molar-refractivity contribution in [1.29, 1.82) is 0 Å². The van der Waals surface area contributed by atoms with Crippen LogP contribution in [0.15, 0.2) is 42.5 Å². The summed E-state index contributed by atoms with van der Waals surface area (Å²) >= 11 is 0. The standard InChI is InChI=1S/C16H17N3O/c1-10(17)11-7-8-13-14(9-11)19-16(18-13)12-5-3-4-6-15(12)20-2/h3-10H,17H2,1-2H3,(H,18,19). The Morgan fingerprint density at radius 1 is 1.20 bits per heavy atom. The minimum absolute atomic E-state index is 0.0115. The molecule has 1 heterocycles. The summed E-state index contributed by atoms with van der Waals surface area (Å²) in [5.41, 5.74) is 9.87. The van der Waals surface area contributed by atoms with E-state index in [2.05, 4.69) is 9.97 Å². The Balaban J connectivity index is 2.13. The number of hydrogen-bond donors (Lipinski definition) is 2. The lowest BCUT2D eigenvalue weighted by Gasteiger charge is -2.04. The Hall–Kier alpha value is -2.33. The first-order valence-electron chi connectivity index (χ1n) is 6.57. The summed E-state index contributed by atoms with van der Waals surface area (Å²) in [6.45, 7) is 1.97. The fraction of sp³-hybridized carbons (Fsp3) is 0.188. The number of para-hydroxylation sites is 1. The average molecular weight is 267 g/mol. The van der Waals surface area contributed by atoms with E-state index in [0.717, 1.165) is 33.7 Å². The Morgan fingerprint density at radius 2 is 2.00 bits per heavy atom. The van der Waals surface area contributed by atoms with Crippen molar-refractivity contribution < 1.29 is 4.74 Å². The van der Waals surface area contributed by atoms with E-state index in [9.17, 15) is 0 Å². The molecule has 2 aromatic carbocycles. The van der Waals surface area contributed by atoms with E-state index in [1.54, 1.807) is 7.11 Å².